The fourth-order valence-electron chi connectivity index (χ4n) is 8.73. The molecule has 7 rings (SSSR count). The Morgan fingerprint density at radius 1 is 0.500 bits per heavy atom. The number of aliphatic carboxylic acids is 1. The van der Waals surface area contributed by atoms with Crippen LogP contribution in [0.3, 0.4) is 0 Å². The molecule has 0 radical (unpaired) electrons. The number of benzene rings is 7. The van der Waals surface area contributed by atoms with Crippen LogP contribution in [0.25, 0.3) is 11.1 Å². The Kier molecular flexibility index (Phi) is 22.8. The molecule has 18 nitrogen and oxygen atoms in total. The summed E-state index contributed by atoms with van der Waals surface area (Å²) in [6, 6.07) is 52.0. The van der Waals surface area contributed by atoms with E-state index < -0.39 is 72.4 Å². The first kappa shape index (κ1) is 61.9. The van der Waals surface area contributed by atoms with Crippen molar-refractivity contribution in [3.63, 3.8) is 0 Å². The number of hydrogen-bond acceptors (Lipinski definition) is 13. The van der Waals surface area contributed by atoms with Crippen LogP contribution in [0.4, 0.5) is 14.4 Å². The molecule has 0 aromatic heterocycles. The van der Waals surface area contributed by atoms with Crippen molar-refractivity contribution in [2.75, 3.05) is 13.6 Å². The maximum absolute atomic E-state index is 15.0. The molecule has 0 heterocycles. The molecule has 0 unspecified atom stereocenters. The Morgan fingerprint density at radius 2 is 0.905 bits per heavy atom. The highest BCUT2D eigenvalue weighted by molar-refractivity contribution is 5.90. The zero-order valence-corrected chi connectivity index (χ0v) is 47.3. The molecule has 5 N–H and O–H groups in total. The summed E-state index contributed by atoms with van der Waals surface area (Å²) >= 11 is 0. The van der Waals surface area contributed by atoms with Gasteiger partial charge >= 0.3 is 30.2 Å². The van der Waals surface area contributed by atoms with Gasteiger partial charge in [0, 0.05) is 32.9 Å². The van der Waals surface area contributed by atoms with E-state index in [2.05, 4.69) is 16.0 Å². The van der Waals surface area contributed by atoms with E-state index >= 15 is 0 Å². The largest absolute Gasteiger partial charge is 0.489 e. The van der Waals surface area contributed by atoms with E-state index in [0.29, 0.717) is 44.9 Å². The molecular weight excluding hydrogens is 1070 g/mol. The van der Waals surface area contributed by atoms with Gasteiger partial charge < -0.3 is 59.5 Å². The lowest BCUT2D eigenvalue weighted by Crippen LogP contribution is -2.55. The summed E-state index contributed by atoms with van der Waals surface area (Å²) in [5.41, 5.74) is 4.89. The van der Waals surface area contributed by atoms with Crippen LogP contribution in [0.2, 0.25) is 0 Å². The topological polar surface area (TPSA) is 238 Å². The molecule has 0 fully saturated rings. The van der Waals surface area contributed by atoms with E-state index in [1.54, 1.807) is 130 Å². The van der Waals surface area contributed by atoms with Crippen molar-refractivity contribution >= 4 is 36.1 Å². The second-order valence-electron chi connectivity index (χ2n) is 20.8. The number of carboxylic acid groups (broad SMARTS) is 1. The quantitative estimate of drug-likeness (QED) is 0.0238. The number of amides is 4. The number of alkyl carbamates (subject to hydrolysis) is 3. The minimum Gasteiger partial charge on any atom is -0.489 e. The Bertz CT molecular complexity index is 3260. The Labute approximate surface area is 488 Å². The molecule has 0 saturated carbocycles. The van der Waals surface area contributed by atoms with E-state index in [1.807, 2.05) is 78.9 Å². The van der Waals surface area contributed by atoms with E-state index in [9.17, 15) is 39.0 Å². The lowest BCUT2D eigenvalue weighted by atomic mass is 9.95. The molecule has 0 bridgehead atoms. The normalized spacial score (nSPS) is 12.4. The molecule has 0 spiro atoms. The van der Waals surface area contributed by atoms with Gasteiger partial charge in [0.05, 0.1) is 6.10 Å². The van der Waals surface area contributed by atoms with E-state index in [4.69, 9.17) is 28.4 Å². The number of esters is 1. The van der Waals surface area contributed by atoms with Crippen molar-refractivity contribution in [1.29, 1.82) is 0 Å². The number of carboxylic acids is 1. The van der Waals surface area contributed by atoms with Gasteiger partial charge in [-0.05, 0) is 95.1 Å². The molecule has 0 aliphatic carbocycles. The Hall–Kier alpha value is -9.68. The highest BCUT2D eigenvalue weighted by atomic mass is 16.6. The highest BCUT2D eigenvalue weighted by Gasteiger charge is 2.36. The van der Waals surface area contributed by atoms with Gasteiger partial charge in [-0.2, -0.15) is 0 Å². The Morgan fingerprint density at radius 3 is 1.35 bits per heavy atom. The molecule has 0 aliphatic heterocycles. The summed E-state index contributed by atoms with van der Waals surface area (Å²) in [5.74, 6) is -2.23. The minimum absolute atomic E-state index is 0.0312. The number of rotatable bonds is 27. The summed E-state index contributed by atoms with van der Waals surface area (Å²) in [6.45, 7) is 4.57. The van der Waals surface area contributed by atoms with Crippen molar-refractivity contribution in [2.24, 2.45) is 0 Å². The smallest absolute Gasteiger partial charge is 0.408 e. The van der Waals surface area contributed by atoms with E-state index in [0.717, 1.165) is 21.6 Å². The van der Waals surface area contributed by atoms with Gasteiger partial charge in [0.15, 0.2) is 0 Å². The van der Waals surface area contributed by atoms with E-state index in [-0.39, 0.29) is 52.4 Å². The summed E-state index contributed by atoms with van der Waals surface area (Å²) in [7, 11) is 1.38. The Balaban J connectivity index is 1.22. The maximum atomic E-state index is 15.0. The van der Waals surface area contributed by atoms with Gasteiger partial charge in [0.25, 0.3) is 0 Å². The fourth-order valence-corrected chi connectivity index (χ4v) is 8.73. The van der Waals surface area contributed by atoms with Crippen LogP contribution in [-0.2, 0) is 79.2 Å². The first-order valence-electron chi connectivity index (χ1n) is 27.4. The molecule has 4 amide bonds. The van der Waals surface area contributed by atoms with Crippen LogP contribution in [0.15, 0.2) is 188 Å². The second kappa shape index (κ2) is 30.9. The van der Waals surface area contributed by atoms with Crippen LogP contribution in [0, 0.1) is 0 Å². The van der Waals surface area contributed by atoms with Crippen LogP contribution in [0.5, 0.6) is 11.5 Å². The summed E-state index contributed by atoms with van der Waals surface area (Å²) < 4.78 is 35.0. The molecule has 438 valence electrons. The molecule has 0 saturated heterocycles. The van der Waals surface area contributed by atoms with Gasteiger partial charge in [0.1, 0.15) is 68.3 Å². The van der Waals surface area contributed by atoms with Crippen molar-refractivity contribution < 1.29 is 67.4 Å². The number of aliphatic hydroxyl groups excluding tert-OH is 1. The van der Waals surface area contributed by atoms with Crippen LogP contribution in [-0.4, -0.2) is 94.7 Å². The predicted octanol–water partition coefficient (Wildman–Crippen LogP) is 10.1. The molecule has 18 heteroatoms. The van der Waals surface area contributed by atoms with Crippen LogP contribution < -0.4 is 25.4 Å². The molecule has 4 atom stereocenters. The van der Waals surface area contributed by atoms with Crippen LogP contribution in [0.1, 0.15) is 66.1 Å². The second-order valence-corrected chi connectivity index (χ2v) is 20.8. The fraction of sp³-hybridized carbons (Fsp3) is 0.273. The van der Waals surface area contributed by atoms with Gasteiger partial charge in [-0.15, -0.1) is 0 Å². The van der Waals surface area contributed by atoms with Gasteiger partial charge in [-0.25, -0.2) is 24.0 Å². The molecule has 7 aromatic rings. The zero-order valence-electron chi connectivity index (χ0n) is 47.3. The minimum atomic E-state index is -1.51. The number of aliphatic hydroxyl groups is 1. The summed E-state index contributed by atoms with van der Waals surface area (Å²) in [6.07, 6.45) is -5.02. The van der Waals surface area contributed by atoms with Crippen molar-refractivity contribution in [3.05, 3.63) is 227 Å². The lowest BCUT2D eigenvalue weighted by molar-refractivity contribution is -0.156. The van der Waals surface area contributed by atoms with E-state index in [1.165, 1.54) is 7.05 Å². The molecule has 84 heavy (non-hydrogen) atoms. The number of likely N-dealkylation sites (N-methyl/N-ethyl adjacent to an activating group) is 1. The molecular formula is C66H70N4O14. The number of nitrogens with zero attached hydrogens (tertiary/aromatic N) is 1. The zero-order chi connectivity index (χ0) is 59.8. The predicted molar refractivity (Wildman–Crippen MR) is 313 cm³/mol. The monoisotopic (exact) mass is 1140 g/mol. The van der Waals surface area contributed by atoms with Crippen molar-refractivity contribution in [3.8, 4) is 22.6 Å². The first-order chi connectivity index (χ1) is 40.5. The number of nitrogens with one attached hydrogen (secondary N) is 3. The van der Waals surface area contributed by atoms with Crippen molar-refractivity contribution in [2.45, 2.75) is 103 Å². The summed E-state index contributed by atoms with van der Waals surface area (Å²) in [4.78, 5) is 83.0. The van der Waals surface area contributed by atoms with Gasteiger partial charge in [-0.3, -0.25) is 4.79 Å². The van der Waals surface area contributed by atoms with Gasteiger partial charge in [0.2, 0.25) is 5.91 Å². The highest BCUT2D eigenvalue weighted by Crippen LogP contribution is 2.33. The average Bonchev–Trinajstić information content (AvgIpc) is 2.29. The lowest BCUT2D eigenvalue weighted by Gasteiger charge is -2.32. The standard InChI is InChI=1S/C66H70N4O14/c1-66(2,3)84-65(78)68-55(38-54(71)39-67-63(76)82-43-48-26-16-8-17-27-48)60(72)70(4)57(62(75)81-42-47-24-14-7-15-25-47)37-53-35-51(31-33-59(53)80-41-46-22-12-6-13-23-46)50-30-32-58(79-40-45-20-10-5-11-21-45)52(34-50)36-56(61(73)74)69-64(77)83-44-49-28-18-9-19-29-49/h5-35,54-57,71H,36-44H2,1-4H3,(H,67,76)(H,68,78)(H,69,77)(H,73,74)/t54-,55+,56+,57+/m1/s1. The number of ether oxygens (including phenoxy) is 6. The number of carbonyl (C=O) groups excluding carboxylic acids is 5. The summed E-state index contributed by atoms with van der Waals surface area (Å²) in [5, 5.41) is 29.4. The molecule has 7 aromatic carbocycles. The number of carbonyl (C=O) groups is 6. The SMILES string of the molecule is CN(C(=O)[C@H](C[C@@H](O)CNC(=O)OCc1ccccc1)NC(=O)OC(C)(C)C)[C@@H](Cc1cc(-c2ccc(OCc3ccccc3)c(C[C@H](NC(=O)OCc3ccccc3)C(=O)O)c2)ccc1OCc1ccccc1)C(=O)OCc1ccccc1. The third kappa shape index (κ3) is 20.1. The third-order valence-electron chi connectivity index (χ3n) is 13.1. The van der Waals surface area contributed by atoms with Crippen molar-refractivity contribution in [1.82, 2.24) is 20.9 Å². The third-order valence-corrected chi connectivity index (χ3v) is 13.1. The maximum Gasteiger partial charge on any atom is 0.408 e. The number of hydrogen-bond donors (Lipinski definition) is 5. The first-order valence-corrected chi connectivity index (χ1v) is 27.4. The van der Waals surface area contributed by atoms with Crippen LogP contribution >= 0.6 is 0 Å². The van der Waals surface area contributed by atoms with Gasteiger partial charge in [-0.1, -0.05) is 164 Å². The molecule has 0 aliphatic rings. The average molecular weight is 1140 g/mol.